The predicted octanol–water partition coefficient (Wildman–Crippen LogP) is 6.04. The molecule has 2 aliphatic rings. The SMILES string of the molecule is Cc1noc(C)c1-c1ccc2c(c1)nc([C@@H]1CCCC(=O)N1c1ccc(F)c(F)c1)n2[C@H]1CC[C@H](CC(=O)NCCN)CC1. The number of hydrogen-bond acceptors (Lipinski definition) is 6. The van der Waals surface area contributed by atoms with Crippen molar-refractivity contribution in [1.29, 1.82) is 0 Å². The van der Waals surface area contributed by atoms with Gasteiger partial charge in [-0.1, -0.05) is 11.2 Å². The van der Waals surface area contributed by atoms with Crippen molar-refractivity contribution in [3.63, 3.8) is 0 Å². The second-order valence-electron chi connectivity index (χ2n) is 12.0. The van der Waals surface area contributed by atoms with Crippen LogP contribution in [0.2, 0.25) is 0 Å². The normalized spacial score (nSPS) is 20.8. The number of nitrogens with one attached hydrogen (secondary N) is 1. The molecule has 3 heterocycles. The highest BCUT2D eigenvalue weighted by Crippen LogP contribution is 2.43. The fourth-order valence-corrected chi connectivity index (χ4v) is 7.01. The van der Waals surface area contributed by atoms with Crippen molar-refractivity contribution in [3.8, 4) is 11.1 Å². The van der Waals surface area contributed by atoms with E-state index in [2.05, 4.69) is 21.1 Å². The van der Waals surface area contributed by atoms with E-state index in [0.717, 1.165) is 77.3 Å². The molecule has 1 atom stereocenters. The van der Waals surface area contributed by atoms with Crippen LogP contribution >= 0.6 is 0 Å². The molecule has 44 heavy (non-hydrogen) atoms. The Kier molecular flexibility index (Phi) is 8.48. The summed E-state index contributed by atoms with van der Waals surface area (Å²) in [5, 5.41) is 6.99. The number of amides is 2. The van der Waals surface area contributed by atoms with Gasteiger partial charge in [-0.05, 0) is 88.1 Å². The highest BCUT2D eigenvalue weighted by molar-refractivity contribution is 5.95. The number of nitrogens with zero attached hydrogens (tertiary/aromatic N) is 4. The summed E-state index contributed by atoms with van der Waals surface area (Å²) < 4.78 is 35.9. The molecule has 0 spiro atoms. The summed E-state index contributed by atoms with van der Waals surface area (Å²) in [7, 11) is 0. The lowest BCUT2D eigenvalue weighted by Gasteiger charge is -2.37. The topological polar surface area (TPSA) is 119 Å². The molecule has 1 saturated heterocycles. The third-order valence-corrected chi connectivity index (χ3v) is 9.09. The second kappa shape index (κ2) is 12.5. The lowest BCUT2D eigenvalue weighted by Crippen LogP contribution is -2.40. The fraction of sp³-hybridized carbons (Fsp3) is 0.455. The molecule has 1 aliphatic heterocycles. The first-order chi connectivity index (χ1) is 21.2. The molecule has 0 radical (unpaired) electrons. The lowest BCUT2D eigenvalue weighted by atomic mass is 9.83. The van der Waals surface area contributed by atoms with E-state index < -0.39 is 17.7 Å². The van der Waals surface area contributed by atoms with Crippen LogP contribution in [0.5, 0.6) is 0 Å². The molecule has 0 bridgehead atoms. The van der Waals surface area contributed by atoms with E-state index in [-0.39, 0.29) is 23.8 Å². The molecule has 1 aliphatic carbocycles. The number of nitrogens with two attached hydrogens (primary N) is 1. The first-order valence-corrected chi connectivity index (χ1v) is 15.4. The summed E-state index contributed by atoms with van der Waals surface area (Å²) in [6.45, 7) is 4.68. The molecule has 232 valence electrons. The number of fused-ring (bicyclic) bond motifs is 1. The molecule has 2 amide bonds. The van der Waals surface area contributed by atoms with Crippen LogP contribution in [0.25, 0.3) is 22.2 Å². The molecule has 9 nitrogen and oxygen atoms in total. The predicted molar refractivity (Wildman–Crippen MR) is 163 cm³/mol. The third kappa shape index (κ3) is 5.72. The number of rotatable bonds is 8. The molecule has 3 N–H and O–H groups in total. The number of carbonyl (C=O) groups is 2. The Hall–Kier alpha value is -4.12. The van der Waals surface area contributed by atoms with Crippen LogP contribution in [-0.4, -0.2) is 39.6 Å². The molecule has 6 rings (SSSR count). The van der Waals surface area contributed by atoms with Crippen molar-refractivity contribution >= 4 is 28.5 Å². The van der Waals surface area contributed by atoms with Gasteiger partial charge in [-0.2, -0.15) is 0 Å². The van der Waals surface area contributed by atoms with Gasteiger partial charge in [0.05, 0.1) is 22.8 Å². The van der Waals surface area contributed by atoms with Crippen LogP contribution in [0.15, 0.2) is 40.9 Å². The van der Waals surface area contributed by atoms with Crippen LogP contribution in [0.3, 0.4) is 0 Å². The summed E-state index contributed by atoms with van der Waals surface area (Å²) in [6, 6.07) is 9.40. The van der Waals surface area contributed by atoms with Crippen molar-refractivity contribution < 1.29 is 22.9 Å². The number of benzene rings is 2. The average Bonchev–Trinajstić information content (AvgIpc) is 3.56. The van der Waals surface area contributed by atoms with Gasteiger partial charge >= 0.3 is 0 Å². The van der Waals surface area contributed by atoms with Gasteiger partial charge in [0.2, 0.25) is 11.8 Å². The average molecular weight is 605 g/mol. The van der Waals surface area contributed by atoms with Crippen LogP contribution < -0.4 is 16.0 Å². The molecule has 1 saturated carbocycles. The Bertz CT molecular complexity index is 1670. The Morgan fingerprint density at radius 1 is 1.07 bits per heavy atom. The largest absolute Gasteiger partial charge is 0.361 e. The highest BCUT2D eigenvalue weighted by atomic mass is 19.2. The molecular weight excluding hydrogens is 566 g/mol. The fourth-order valence-electron chi connectivity index (χ4n) is 7.01. The second-order valence-corrected chi connectivity index (χ2v) is 12.0. The maximum absolute atomic E-state index is 14.4. The summed E-state index contributed by atoms with van der Waals surface area (Å²) >= 11 is 0. The van der Waals surface area contributed by atoms with Crippen molar-refractivity contribution in [1.82, 2.24) is 20.0 Å². The molecule has 2 aromatic carbocycles. The van der Waals surface area contributed by atoms with Gasteiger partial charge in [0.15, 0.2) is 11.6 Å². The minimum absolute atomic E-state index is 0.0300. The van der Waals surface area contributed by atoms with Crippen LogP contribution in [0, 0.1) is 31.4 Å². The summed E-state index contributed by atoms with van der Waals surface area (Å²) in [5.74, 6) is -0.329. The van der Waals surface area contributed by atoms with Gasteiger partial charge in [0.25, 0.3) is 0 Å². The minimum atomic E-state index is -0.994. The van der Waals surface area contributed by atoms with Crippen LogP contribution in [0.4, 0.5) is 14.5 Å². The Labute approximate surface area is 254 Å². The van der Waals surface area contributed by atoms with Gasteiger partial charge in [-0.15, -0.1) is 0 Å². The Balaban J connectivity index is 1.40. The lowest BCUT2D eigenvalue weighted by molar-refractivity contribution is -0.122. The van der Waals surface area contributed by atoms with Crippen LogP contribution in [-0.2, 0) is 9.59 Å². The first kappa shape index (κ1) is 29.9. The summed E-state index contributed by atoms with van der Waals surface area (Å²) in [5.41, 5.74) is 10.2. The summed E-state index contributed by atoms with van der Waals surface area (Å²) in [4.78, 5) is 32.5. The van der Waals surface area contributed by atoms with Crippen molar-refractivity contribution in [2.45, 2.75) is 77.3 Å². The molecule has 4 aromatic rings. The highest BCUT2D eigenvalue weighted by Gasteiger charge is 2.37. The van der Waals surface area contributed by atoms with E-state index >= 15 is 0 Å². The van der Waals surface area contributed by atoms with E-state index in [1.165, 1.54) is 6.07 Å². The number of carbonyl (C=O) groups excluding carboxylic acids is 2. The Morgan fingerprint density at radius 3 is 2.57 bits per heavy atom. The zero-order valence-corrected chi connectivity index (χ0v) is 25.1. The third-order valence-electron chi connectivity index (χ3n) is 9.09. The number of hydrogen-bond donors (Lipinski definition) is 2. The zero-order chi connectivity index (χ0) is 31.0. The first-order valence-electron chi connectivity index (χ1n) is 15.4. The number of piperidine rings is 1. The monoisotopic (exact) mass is 604 g/mol. The number of aromatic nitrogens is 3. The van der Waals surface area contributed by atoms with Gasteiger partial charge in [0, 0.05) is 49.3 Å². The van der Waals surface area contributed by atoms with Crippen molar-refractivity contribution in [2.24, 2.45) is 11.7 Å². The van der Waals surface area contributed by atoms with Crippen molar-refractivity contribution in [2.75, 3.05) is 18.0 Å². The van der Waals surface area contributed by atoms with Crippen LogP contribution in [0.1, 0.15) is 80.7 Å². The molecular formula is C33H38F2N6O3. The van der Waals surface area contributed by atoms with Gasteiger partial charge < -0.3 is 25.0 Å². The number of halogens is 2. The van der Waals surface area contributed by atoms with E-state index in [0.29, 0.717) is 44.5 Å². The van der Waals surface area contributed by atoms with E-state index in [4.69, 9.17) is 15.2 Å². The van der Waals surface area contributed by atoms with Gasteiger partial charge in [-0.25, -0.2) is 13.8 Å². The molecule has 0 unspecified atom stereocenters. The van der Waals surface area contributed by atoms with Gasteiger partial charge in [-0.3, -0.25) is 9.59 Å². The molecule has 11 heteroatoms. The van der Waals surface area contributed by atoms with E-state index in [9.17, 15) is 18.4 Å². The molecule has 2 aromatic heterocycles. The molecule has 2 fully saturated rings. The van der Waals surface area contributed by atoms with Crippen molar-refractivity contribution in [3.05, 3.63) is 65.3 Å². The standard InChI is InChI=1S/C33H38F2N6O3/c1-19-32(20(2)44-39-19)22-8-13-28-27(17-22)38-33(41(28)23-9-6-21(7-10-23)16-30(42)37-15-14-36)29-4-3-5-31(43)40(29)24-11-12-25(34)26(35)18-24/h8,11-13,17-18,21,23,29H,3-7,9-10,14-16,36H2,1-2H3,(H,37,42)/t21-,23-,29-/m0/s1. The smallest absolute Gasteiger partial charge is 0.227 e. The number of anilines is 1. The zero-order valence-electron chi connectivity index (χ0n) is 25.1. The maximum atomic E-state index is 14.4. The van der Waals surface area contributed by atoms with E-state index in [1.807, 2.05) is 26.0 Å². The quantitative estimate of drug-likeness (QED) is 0.253. The van der Waals surface area contributed by atoms with E-state index in [1.54, 1.807) is 4.90 Å². The maximum Gasteiger partial charge on any atom is 0.227 e. The number of aryl methyl sites for hydroxylation is 2. The summed E-state index contributed by atoms with van der Waals surface area (Å²) in [6.07, 6.45) is 5.58. The Morgan fingerprint density at radius 2 is 1.86 bits per heavy atom. The van der Waals surface area contributed by atoms with Gasteiger partial charge in [0.1, 0.15) is 11.6 Å². The number of imidazole rings is 1. The minimum Gasteiger partial charge on any atom is -0.361 e.